The van der Waals surface area contributed by atoms with Gasteiger partial charge < -0.3 is 19.7 Å². The highest BCUT2D eigenvalue weighted by molar-refractivity contribution is 7.16. The van der Waals surface area contributed by atoms with E-state index in [0.29, 0.717) is 25.3 Å². The fraction of sp³-hybridized carbons (Fsp3) is 0.259. The number of hydrogen-bond donors (Lipinski definition) is 1. The Morgan fingerprint density at radius 2 is 1.74 bits per heavy atom. The van der Waals surface area contributed by atoms with Crippen molar-refractivity contribution in [3.63, 3.8) is 0 Å². The van der Waals surface area contributed by atoms with Crippen LogP contribution in [0.5, 0.6) is 0 Å². The monoisotopic (exact) mass is 544 g/mol. The summed E-state index contributed by atoms with van der Waals surface area (Å²) in [5.74, 6) is -0.488. The number of carbonyl (C=O) groups excluding carboxylic acids is 2. The lowest BCUT2D eigenvalue weighted by Crippen LogP contribution is -2.56. The highest BCUT2D eigenvalue weighted by atomic mass is 32.1. The molecule has 198 valence electrons. The molecule has 1 saturated heterocycles. The summed E-state index contributed by atoms with van der Waals surface area (Å²) in [6.07, 6.45) is -4.45. The third-order valence-corrected chi connectivity index (χ3v) is 7.57. The van der Waals surface area contributed by atoms with Gasteiger partial charge in [-0.25, -0.2) is 9.18 Å². The first-order chi connectivity index (χ1) is 18.1. The predicted molar refractivity (Wildman–Crippen MR) is 138 cm³/mol. The van der Waals surface area contributed by atoms with Crippen LogP contribution in [0.4, 0.5) is 28.0 Å². The molecule has 6 nitrogen and oxygen atoms in total. The van der Waals surface area contributed by atoms with Gasteiger partial charge >= 0.3 is 12.2 Å². The average molecular weight is 545 g/mol. The van der Waals surface area contributed by atoms with Crippen LogP contribution in [0.3, 0.4) is 0 Å². The van der Waals surface area contributed by atoms with Crippen molar-refractivity contribution in [2.45, 2.75) is 25.7 Å². The van der Waals surface area contributed by atoms with Crippen LogP contribution >= 0.6 is 11.3 Å². The first-order valence-electron chi connectivity index (χ1n) is 12.0. The quantitative estimate of drug-likeness (QED) is 0.307. The number of urea groups is 1. The van der Waals surface area contributed by atoms with E-state index in [0.717, 1.165) is 27.9 Å². The van der Waals surface area contributed by atoms with Crippen LogP contribution in [0.1, 0.15) is 28.5 Å². The van der Waals surface area contributed by atoms with Gasteiger partial charge in [-0.05, 0) is 66.4 Å². The molecule has 1 atom stereocenters. The molecule has 1 N–H and O–H groups in total. The van der Waals surface area contributed by atoms with Gasteiger partial charge in [0.05, 0.1) is 5.56 Å². The maximum Gasteiger partial charge on any atom is 0.416 e. The van der Waals surface area contributed by atoms with Crippen LogP contribution in [0.2, 0.25) is 0 Å². The minimum absolute atomic E-state index is 0.162. The van der Waals surface area contributed by atoms with Crippen molar-refractivity contribution in [1.82, 2.24) is 14.4 Å². The van der Waals surface area contributed by atoms with Gasteiger partial charge in [-0.3, -0.25) is 4.79 Å². The number of rotatable bonds is 4. The Morgan fingerprint density at radius 1 is 1.03 bits per heavy atom. The minimum atomic E-state index is -4.45. The molecule has 4 aromatic rings. The Kier molecular flexibility index (Phi) is 6.87. The summed E-state index contributed by atoms with van der Waals surface area (Å²) in [7, 11) is 0. The SMILES string of the molecule is CC1CN(C(=O)c2cc3ccsc3n2Cc2ccc(F)cc2)CCN1C(=O)Nc1ccc(C(F)(F)F)cc1. The van der Waals surface area contributed by atoms with E-state index in [1.807, 2.05) is 29.0 Å². The van der Waals surface area contributed by atoms with Crippen LogP contribution in [0.25, 0.3) is 10.2 Å². The average Bonchev–Trinajstić information content (AvgIpc) is 3.47. The van der Waals surface area contributed by atoms with Crippen LogP contribution in [-0.4, -0.2) is 52.0 Å². The standard InChI is InChI=1S/C27H24F4N4O2S/c1-17-15-33(11-12-34(17)26(37)32-22-8-4-20(5-9-22)27(29,30)31)24(36)23-14-19-10-13-38-25(19)35(23)16-18-2-6-21(28)7-3-18/h2-10,13-14,17H,11-12,15-16H2,1H3,(H,32,37). The maximum atomic E-state index is 13.6. The number of benzene rings is 2. The number of amides is 3. The van der Waals surface area contributed by atoms with Gasteiger partial charge in [0.25, 0.3) is 5.91 Å². The Morgan fingerprint density at radius 3 is 2.39 bits per heavy atom. The smallest absolute Gasteiger partial charge is 0.334 e. The summed E-state index contributed by atoms with van der Waals surface area (Å²) in [6.45, 7) is 3.11. The van der Waals surface area contributed by atoms with Gasteiger partial charge in [0.2, 0.25) is 0 Å². The molecule has 2 aromatic carbocycles. The molecule has 2 aromatic heterocycles. The predicted octanol–water partition coefficient (Wildman–Crippen LogP) is 6.29. The molecule has 0 radical (unpaired) electrons. The summed E-state index contributed by atoms with van der Waals surface area (Å²) in [6, 6.07) is 13.5. The van der Waals surface area contributed by atoms with Gasteiger partial charge in [-0.1, -0.05) is 12.1 Å². The second-order valence-electron chi connectivity index (χ2n) is 9.22. The molecule has 5 rings (SSSR count). The lowest BCUT2D eigenvalue weighted by Gasteiger charge is -2.39. The minimum Gasteiger partial charge on any atom is -0.334 e. The molecular weight excluding hydrogens is 520 g/mol. The molecule has 3 amide bonds. The van der Waals surface area contributed by atoms with Crippen molar-refractivity contribution in [1.29, 1.82) is 0 Å². The fourth-order valence-electron chi connectivity index (χ4n) is 4.63. The zero-order chi connectivity index (χ0) is 27.0. The number of thiophene rings is 1. The zero-order valence-electron chi connectivity index (χ0n) is 20.3. The first kappa shape index (κ1) is 25.8. The van der Waals surface area contributed by atoms with Crippen molar-refractivity contribution in [2.75, 3.05) is 25.0 Å². The molecule has 0 aliphatic carbocycles. The normalized spacial score (nSPS) is 16.2. The molecule has 1 fully saturated rings. The van der Waals surface area contributed by atoms with Gasteiger partial charge in [-0.15, -0.1) is 11.3 Å². The number of piperazine rings is 1. The van der Waals surface area contributed by atoms with E-state index >= 15 is 0 Å². The number of nitrogens with zero attached hydrogens (tertiary/aromatic N) is 3. The second kappa shape index (κ2) is 10.1. The molecule has 11 heteroatoms. The summed E-state index contributed by atoms with van der Waals surface area (Å²) < 4.78 is 53.7. The Hall–Kier alpha value is -3.86. The molecular formula is C27H24F4N4O2S. The number of carbonyl (C=O) groups is 2. The van der Waals surface area contributed by atoms with Crippen molar-refractivity contribution in [2.24, 2.45) is 0 Å². The van der Waals surface area contributed by atoms with E-state index in [1.54, 1.807) is 21.9 Å². The van der Waals surface area contributed by atoms with Crippen LogP contribution in [0.15, 0.2) is 66.0 Å². The van der Waals surface area contributed by atoms with Gasteiger partial charge in [0, 0.05) is 43.3 Å². The number of fused-ring (bicyclic) bond motifs is 1. The highest BCUT2D eigenvalue weighted by Crippen LogP contribution is 2.30. The van der Waals surface area contributed by atoms with Gasteiger partial charge in [0.1, 0.15) is 16.3 Å². The van der Waals surface area contributed by atoms with Gasteiger partial charge in [-0.2, -0.15) is 13.2 Å². The number of anilines is 1. The second-order valence-corrected chi connectivity index (χ2v) is 10.1. The van der Waals surface area contributed by atoms with Crippen LogP contribution in [0, 0.1) is 5.82 Å². The summed E-state index contributed by atoms with van der Waals surface area (Å²) in [4.78, 5) is 30.6. The summed E-state index contributed by atoms with van der Waals surface area (Å²) in [5, 5.41) is 5.54. The molecule has 38 heavy (non-hydrogen) atoms. The molecule has 0 bridgehead atoms. The Labute approximate surface area is 220 Å². The fourth-order valence-corrected chi connectivity index (χ4v) is 5.52. The van der Waals surface area contributed by atoms with E-state index < -0.39 is 17.8 Å². The molecule has 0 spiro atoms. The summed E-state index contributed by atoms with van der Waals surface area (Å²) >= 11 is 1.52. The molecule has 3 heterocycles. The number of nitrogens with one attached hydrogen (secondary N) is 1. The van der Waals surface area contributed by atoms with E-state index in [9.17, 15) is 27.2 Å². The lowest BCUT2D eigenvalue weighted by molar-refractivity contribution is -0.137. The zero-order valence-corrected chi connectivity index (χ0v) is 21.2. The molecule has 1 aliphatic heterocycles. The number of alkyl halides is 3. The molecule has 1 unspecified atom stereocenters. The van der Waals surface area contributed by atoms with E-state index in [1.165, 1.54) is 35.6 Å². The number of halogens is 4. The Balaban J connectivity index is 1.27. The van der Waals surface area contributed by atoms with Crippen LogP contribution in [-0.2, 0) is 12.7 Å². The van der Waals surface area contributed by atoms with E-state index in [4.69, 9.17) is 0 Å². The van der Waals surface area contributed by atoms with E-state index in [2.05, 4.69) is 5.32 Å². The number of aromatic nitrogens is 1. The van der Waals surface area contributed by atoms with Crippen LogP contribution < -0.4 is 5.32 Å². The molecule has 1 aliphatic rings. The third-order valence-electron chi connectivity index (χ3n) is 6.61. The van der Waals surface area contributed by atoms with Crippen molar-refractivity contribution in [3.8, 4) is 0 Å². The number of hydrogen-bond acceptors (Lipinski definition) is 3. The molecule has 0 saturated carbocycles. The largest absolute Gasteiger partial charge is 0.416 e. The maximum absolute atomic E-state index is 13.6. The van der Waals surface area contributed by atoms with Crippen molar-refractivity contribution in [3.05, 3.63) is 88.7 Å². The van der Waals surface area contributed by atoms with Crippen molar-refractivity contribution < 1.29 is 27.2 Å². The van der Waals surface area contributed by atoms with E-state index in [-0.39, 0.29) is 30.0 Å². The third kappa shape index (κ3) is 5.24. The van der Waals surface area contributed by atoms with Crippen molar-refractivity contribution >= 4 is 39.2 Å². The highest BCUT2D eigenvalue weighted by Gasteiger charge is 2.33. The van der Waals surface area contributed by atoms with Gasteiger partial charge in [0.15, 0.2) is 0 Å². The Bertz CT molecular complexity index is 1460. The lowest BCUT2D eigenvalue weighted by atomic mass is 10.1. The topological polar surface area (TPSA) is 57.6 Å². The first-order valence-corrected chi connectivity index (χ1v) is 12.8. The summed E-state index contributed by atoms with van der Waals surface area (Å²) in [5.41, 5.74) is 0.850.